The van der Waals surface area contributed by atoms with E-state index in [0.29, 0.717) is 43.1 Å². The molecule has 0 heterocycles. The summed E-state index contributed by atoms with van der Waals surface area (Å²) in [6.45, 7) is 14.2. The number of rotatable bonds is 15. The van der Waals surface area contributed by atoms with Crippen molar-refractivity contribution in [2.24, 2.45) is 0 Å². The first kappa shape index (κ1) is 38.4. The van der Waals surface area contributed by atoms with Crippen molar-refractivity contribution in [1.82, 2.24) is 20.4 Å². The molecule has 0 bridgehead atoms. The van der Waals surface area contributed by atoms with E-state index >= 15 is 0 Å². The van der Waals surface area contributed by atoms with Crippen LogP contribution in [-0.4, -0.2) is 88.2 Å². The molecule has 0 aliphatic rings. The number of nitrogen functional groups attached to an aromatic ring is 2. The number of nitrogens with one attached hydrogen (secondary N) is 2. The van der Waals surface area contributed by atoms with Crippen molar-refractivity contribution in [3.8, 4) is 22.6 Å². The van der Waals surface area contributed by atoms with Crippen LogP contribution in [0.1, 0.15) is 48.4 Å². The van der Waals surface area contributed by atoms with Gasteiger partial charge in [0.2, 0.25) is 0 Å². The number of amides is 2. The number of carbonyl (C=O) groups is 2. The van der Waals surface area contributed by atoms with Gasteiger partial charge >= 0.3 is 0 Å². The molecule has 13 heteroatoms. The van der Waals surface area contributed by atoms with Gasteiger partial charge in [-0.25, -0.2) is 0 Å². The van der Waals surface area contributed by atoms with Crippen molar-refractivity contribution in [2.75, 3.05) is 78.0 Å². The van der Waals surface area contributed by atoms with Crippen LogP contribution in [0.4, 0.5) is 11.4 Å². The van der Waals surface area contributed by atoms with E-state index in [2.05, 4.69) is 48.1 Å². The first-order chi connectivity index (χ1) is 18.7. The topological polar surface area (TPSA) is 135 Å². The van der Waals surface area contributed by atoms with E-state index in [4.69, 9.17) is 32.5 Å². The molecule has 10 nitrogen and oxygen atoms in total. The maximum atomic E-state index is 13.2. The maximum absolute atomic E-state index is 13.2. The minimum atomic E-state index is -0.358. The van der Waals surface area contributed by atoms with E-state index in [9.17, 15) is 9.59 Å². The van der Waals surface area contributed by atoms with E-state index < -0.39 is 0 Å². The molecule has 232 valence electrons. The van der Waals surface area contributed by atoms with Gasteiger partial charge in [0.1, 0.15) is 11.5 Å². The number of carbonyl (C=O) groups excluding carboxylic acids is 2. The number of nitrogens with two attached hydrogens (primary N) is 2. The second kappa shape index (κ2) is 18.7. The van der Waals surface area contributed by atoms with E-state index in [0.717, 1.165) is 26.2 Å². The number of hydrogen-bond donors (Lipinski definition) is 4. The van der Waals surface area contributed by atoms with Gasteiger partial charge in [-0.3, -0.25) is 9.59 Å². The van der Waals surface area contributed by atoms with Crippen LogP contribution in [0.25, 0.3) is 11.1 Å². The molecule has 0 aromatic heterocycles. The predicted octanol–water partition coefficient (Wildman–Crippen LogP) is 4.18. The van der Waals surface area contributed by atoms with Crippen molar-refractivity contribution in [1.29, 1.82) is 0 Å². The van der Waals surface area contributed by atoms with Crippen LogP contribution in [0.3, 0.4) is 0 Å². The van der Waals surface area contributed by atoms with Crippen LogP contribution in [0.2, 0.25) is 5.02 Å². The minimum Gasteiger partial charge on any atom is -0.496 e. The Morgan fingerprint density at radius 3 is 1.73 bits per heavy atom. The van der Waals surface area contributed by atoms with Crippen molar-refractivity contribution < 1.29 is 19.1 Å². The van der Waals surface area contributed by atoms with Crippen LogP contribution in [0.5, 0.6) is 11.5 Å². The highest BCUT2D eigenvalue weighted by Gasteiger charge is 2.26. The van der Waals surface area contributed by atoms with Crippen LogP contribution < -0.4 is 31.6 Å². The molecule has 0 aliphatic heterocycles. The number of hydrogen-bond acceptors (Lipinski definition) is 8. The first-order valence-electron chi connectivity index (χ1n) is 13.3. The van der Waals surface area contributed by atoms with Crippen LogP contribution in [0.15, 0.2) is 18.2 Å². The predicted molar refractivity (Wildman–Crippen MR) is 174 cm³/mol. The van der Waals surface area contributed by atoms with Crippen molar-refractivity contribution in [2.45, 2.75) is 27.7 Å². The van der Waals surface area contributed by atoms with Gasteiger partial charge in [-0.05, 0) is 38.3 Å². The summed E-state index contributed by atoms with van der Waals surface area (Å²) in [5.74, 6) is -0.162. The quantitative estimate of drug-likeness (QED) is 0.214. The molecule has 0 spiro atoms. The second-order valence-corrected chi connectivity index (χ2v) is 9.34. The third-order valence-corrected chi connectivity index (χ3v) is 7.13. The summed E-state index contributed by atoms with van der Waals surface area (Å²) >= 11 is 6.49. The summed E-state index contributed by atoms with van der Waals surface area (Å²) in [5, 5.41) is 6.03. The Balaban J connectivity index is 0.00000800. The zero-order chi connectivity index (χ0) is 29.1. The molecule has 0 fully saturated rings. The molecule has 6 N–H and O–H groups in total. The molecule has 0 atom stereocenters. The van der Waals surface area contributed by atoms with Crippen molar-refractivity contribution >= 4 is 59.6 Å². The summed E-state index contributed by atoms with van der Waals surface area (Å²) in [6.07, 6.45) is 0. The zero-order valence-corrected chi connectivity index (χ0v) is 27.2. The Morgan fingerprint density at radius 1 is 0.805 bits per heavy atom. The molecule has 0 saturated heterocycles. The van der Waals surface area contributed by atoms with Gasteiger partial charge in [0.15, 0.2) is 0 Å². The largest absolute Gasteiger partial charge is 0.496 e. The number of ether oxygens (including phenoxy) is 2. The third-order valence-electron chi connectivity index (χ3n) is 6.82. The highest BCUT2D eigenvalue weighted by molar-refractivity contribution is 6.34. The first-order valence-corrected chi connectivity index (χ1v) is 13.7. The normalized spacial score (nSPS) is 10.6. The van der Waals surface area contributed by atoms with Crippen molar-refractivity contribution in [3.05, 3.63) is 34.3 Å². The number of benzene rings is 2. The standard InChI is InChI=1S/C28H43ClN6O4.2ClH/c1-7-34(8-2)13-11-32-27(36)19-15-18(22(30)17-23(19)38-5)24-25(31)21(29)16-20(26(24)39-6)28(37)33-12-14-35(9-3)10-4;;/h15-17H,7-14,30-31H2,1-6H3,(H,32,36)(H,33,37);2*1H. The zero-order valence-electron chi connectivity index (χ0n) is 24.8. The number of anilines is 2. The van der Waals surface area contributed by atoms with Crippen LogP contribution in [-0.2, 0) is 0 Å². The molecule has 2 rings (SSSR count). The average Bonchev–Trinajstić information content (AvgIpc) is 2.94. The van der Waals surface area contributed by atoms with Gasteiger partial charge < -0.3 is 41.4 Å². The molecular formula is C28H45Cl3N6O4. The Kier molecular flexibility index (Phi) is 17.5. The summed E-state index contributed by atoms with van der Waals surface area (Å²) in [5.41, 5.74) is 14.5. The smallest absolute Gasteiger partial charge is 0.255 e. The van der Waals surface area contributed by atoms with E-state index in [-0.39, 0.29) is 69.9 Å². The summed E-state index contributed by atoms with van der Waals surface area (Å²) in [7, 11) is 2.91. The lowest BCUT2D eigenvalue weighted by Crippen LogP contribution is -2.35. The molecule has 2 aromatic rings. The second-order valence-electron chi connectivity index (χ2n) is 8.93. The molecule has 41 heavy (non-hydrogen) atoms. The summed E-state index contributed by atoms with van der Waals surface area (Å²) in [6, 6.07) is 4.62. The molecule has 0 aliphatic carbocycles. The fourth-order valence-electron chi connectivity index (χ4n) is 4.38. The minimum absolute atomic E-state index is 0. The van der Waals surface area contributed by atoms with Gasteiger partial charge in [-0.15, -0.1) is 24.8 Å². The van der Waals surface area contributed by atoms with Gasteiger partial charge in [-0.2, -0.15) is 0 Å². The van der Waals surface area contributed by atoms with Gasteiger partial charge in [0, 0.05) is 43.5 Å². The number of methoxy groups -OCH3 is 2. The fraction of sp³-hybridized carbons (Fsp3) is 0.500. The third kappa shape index (κ3) is 9.72. The lowest BCUT2D eigenvalue weighted by Gasteiger charge is -2.21. The molecule has 2 aromatic carbocycles. The molecule has 2 amide bonds. The van der Waals surface area contributed by atoms with Gasteiger partial charge in [-0.1, -0.05) is 39.3 Å². The Bertz CT molecular complexity index is 1140. The molecule has 0 unspecified atom stereocenters. The monoisotopic (exact) mass is 634 g/mol. The molecule has 0 saturated carbocycles. The maximum Gasteiger partial charge on any atom is 0.255 e. The van der Waals surface area contributed by atoms with E-state index in [1.165, 1.54) is 20.3 Å². The Labute approximate surface area is 261 Å². The number of halogens is 3. The van der Waals surface area contributed by atoms with Crippen LogP contribution >= 0.6 is 36.4 Å². The molecular weight excluding hydrogens is 591 g/mol. The lowest BCUT2D eigenvalue weighted by atomic mass is 9.95. The highest BCUT2D eigenvalue weighted by Crippen LogP contribution is 2.45. The van der Waals surface area contributed by atoms with E-state index in [1.54, 1.807) is 12.1 Å². The van der Waals surface area contributed by atoms with Crippen molar-refractivity contribution in [3.63, 3.8) is 0 Å². The molecule has 0 radical (unpaired) electrons. The fourth-order valence-corrected chi connectivity index (χ4v) is 4.58. The Morgan fingerprint density at radius 2 is 1.29 bits per heavy atom. The highest BCUT2D eigenvalue weighted by atomic mass is 35.5. The average molecular weight is 636 g/mol. The Hall–Kier alpha value is -2.63. The summed E-state index contributed by atoms with van der Waals surface area (Å²) in [4.78, 5) is 30.8. The number of likely N-dealkylation sites (N-methyl/N-ethyl adjacent to an activating group) is 2. The van der Waals surface area contributed by atoms with Gasteiger partial charge in [0.25, 0.3) is 11.8 Å². The van der Waals surface area contributed by atoms with E-state index in [1.807, 2.05) is 0 Å². The van der Waals surface area contributed by atoms with Crippen LogP contribution in [0, 0.1) is 0 Å². The summed E-state index contributed by atoms with van der Waals surface area (Å²) < 4.78 is 11.1. The lowest BCUT2D eigenvalue weighted by molar-refractivity contribution is 0.0937. The van der Waals surface area contributed by atoms with Gasteiger partial charge in [0.05, 0.1) is 41.6 Å². The SMILES string of the molecule is CCN(CC)CCNC(=O)c1cc(-c2c(N)c(Cl)cc(C(=O)NCCN(CC)CC)c2OC)c(N)cc1OC.Cl.Cl. The number of nitrogens with zero attached hydrogens (tertiary/aromatic N) is 2.